The molecule has 216 valence electrons. The predicted octanol–water partition coefficient (Wildman–Crippen LogP) is 6.12. The molecule has 0 unspecified atom stereocenters. The van der Waals surface area contributed by atoms with Crippen LogP contribution in [0.5, 0.6) is 0 Å². The first-order valence-electron chi connectivity index (χ1n) is 13.1. The topological polar surface area (TPSA) is 108 Å². The van der Waals surface area contributed by atoms with Gasteiger partial charge in [0.15, 0.2) is 0 Å². The van der Waals surface area contributed by atoms with Crippen molar-refractivity contribution in [2.45, 2.75) is 20.6 Å². The highest BCUT2D eigenvalue weighted by atomic mass is 31.2. The Kier molecular flexibility index (Phi) is 10.1. The van der Waals surface area contributed by atoms with Crippen LogP contribution in [0.4, 0.5) is 10.1 Å². The number of nitrogens with one attached hydrogen (secondary N) is 1. The van der Waals surface area contributed by atoms with E-state index in [1.54, 1.807) is 49.0 Å². The number of hydrogen-bond acceptors (Lipinski definition) is 8. The SMILES string of the molecule is CCOP(=O)(OCC)OCn1cc(-c2ccnc(F)c2)c2cc(-c3cccc(NC(=O)/C=C/CN(C)C)c3)cnc21. The van der Waals surface area contributed by atoms with Crippen molar-refractivity contribution in [1.82, 2.24) is 19.4 Å². The normalized spacial score (nSPS) is 12.0. The van der Waals surface area contributed by atoms with Crippen molar-refractivity contribution >= 4 is 30.5 Å². The number of likely N-dealkylation sites (N-methyl/N-ethyl adjacent to an activating group) is 1. The van der Waals surface area contributed by atoms with E-state index >= 15 is 0 Å². The highest BCUT2D eigenvalue weighted by Gasteiger charge is 2.26. The second kappa shape index (κ2) is 13.8. The Balaban J connectivity index is 1.69. The van der Waals surface area contributed by atoms with Gasteiger partial charge in [0.1, 0.15) is 12.4 Å². The van der Waals surface area contributed by atoms with Crippen molar-refractivity contribution in [3.8, 4) is 22.3 Å². The number of aromatic nitrogens is 3. The number of fused-ring (bicyclic) bond motifs is 1. The van der Waals surface area contributed by atoms with Crippen LogP contribution in [0.15, 0.2) is 73.2 Å². The monoisotopic (exact) mass is 581 g/mol. The first-order chi connectivity index (χ1) is 19.7. The second-order valence-corrected chi connectivity index (χ2v) is 10.9. The van der Waals surface area contributed by atoms with Gasteiger partial charge in [0.2, 0.25) is 11.9 Å². The first-order valence-corrected chi connectivity index (χ1v) is 14.5. The Morgan fingerprint density at radius 3 is 2.54 bits per heavy atom. The van der Waals surface area contributed by atoms with Crippen LogP contribution in [0, 0.1) is 5.95 Å². The molecule has 3 heterocycles. The van der Waals surface area contributed by atoms with Gasteiger partial charge in [-0.2, -0.15) is 4.39 Å². The van der Waals surface area contributed by atoms with Gasteiger partial charge in [-0.05, 0) is 63.3 Å². The molecule has 0 aliphatic carbocycles. The lowest BCUT2D eigenvalue weighted by Crippen LogP contribution is -2.12. The van der Waals surface area contributed by atoms with Crippen LogP contribution in [0.1, 0.15) is 13.8 Å². The largest absolute Gasteiger partial charge is 0.476 e. The number of halogens is 1. The van der Waals surface area contributed by atoms with Crippen molar-refractivity contribution in [1.29, 1.82) is 0 Å². The van der Waals surface area contributed by atoms with Gasteiger partial charge >= 0.3 is 7.82 Å². The van der Waals surface area contributed by atoms with Crippen molar-refractivity contribution in [3.63, 3.8) is 0 Å². The quantitative estimate of drug-likeness (QED) is 0.114. The summed E-state index contributed by atoms with van der Waals surface area (Å²) in [7, 11) is 0.0697. The molecular weight excluding hydrogens is 548 g/mol. The van der Waals surface area contributed by atoms with Gasteiger partial charge in [-0.1, -0.05) is 18.2 Å². The van der Waals surface area contributed by atoms with Gasteiger partial charge in [0.25, 0.3) is 0 Å². The molecule has 1 aromatic carbocycles. The van der Waals surface area contributed by atoms with Crippen LogP contribution < -0.4 is 5.32 Å². The summed E-state index contributed by atoms with van der Waals surface area (Å²) < 4.78 is 44.7. The average Bonchev–Trinajstić information content (AvgIpc) is 3.30. The van der Waals surface area contributed by atoms with E-state index < -0.39 is 13.8 Å². The predicted molar refractivity (Wildman–Crippen MR) is 157 cm³/mol. The molecule has 1 N–H and O–H groups in total. The van der Waals surface area contributed by atoms with E-state index in [4.69, 9.17) is 13.6 Å². The standard InChI is InChI=1S/C29H33FN5O5P/c1-5-38-41(37,39-6-2)40-20-35-19-26(22-12-13-31-27(30)17-22)25-16-23(18-32-29(25)35)21-9-7-10-24(15-21)33-28(36)11-8-14-34(3)4/h7-13,15-19H,5-6,14,20H2,1-4H3,(H,33,36)/b11-8+. The maximum atomic E-state index is 14.1. The molecule has 41 heavy (non-hydrogen) atoms. The lowest BCUT2D eigenvalue weighted by Gasteiger charge is -2.16. The van der Waals surface area contributed by atoms with E-state index in [-0.39, 0.29) is 25.9 Å². The number of rotatable bonds is 13. The Hall–Kier alpha value is -3.73. The number of phosphoric acid groups is 1. The van der Waals surface area contributed by atoms with Crippen LogP contribution in [-0.2, 0) is 29.7 Å². The molecule has 0 spiro atoms. The molecule has 0 saturated carbocycles. The summed E-state index contributed by atoms with van der Waals surface area (Å²) >= 11 is 0. The third kappa shape index (κ3) is 7.93. The summed E-state index contributed by atoms with van der Waals surface area (Å²) in [6.45, 7) is 4.18. The highest BCUT2D eigenvalue weighted by Crippen LogP contribution is 2.49. The van der Waals surface area contributed by atoms with Crippen LogP contribution in [0.3, 0.4) is 0 Å². The second-order valence-electron chi connectivity index (χ2n) is 9.25. The van der Waals surface area contributed by atoms with E-state index in [1.807, 2.05) is 43.3 Å². The van der Waals surface area contributed by atoms with Gasteiger partial charge < -0.3 is 14.8 Å². The molecule has 10 nitrogen and oxygen atoms in total. The number of nitrogens with zero attached hydrogens (tertiary/aromatic N) is 4. The third-order valence-corrected chi connectivity index (χ3v) is 7.46. The molecule has 1 amide bonds. The molecule has 0 radical (unpaired) electrons. The van der Waals surface area contributed by atoms with Gasteiger partial charge in [-0.25, -0.2) is 14.5 Å². The van der Waals surface area contributed by atoms with E-state index in [1.165, 1.54) is 18.3 Å². The van der Waals surface area contributed by atoms with Crippen LogP contribution >= 0.6 is 7.82 Å². The van der Waals surface area contributed by atoms with E-state index in [0.29, 0.717) is 34.4 Å². The van der Waals surface area contributed by atoms with Gasteiger partial charge in [-0.3, -0.25) is 18.4 Å². The van der Waals surface area contributed by atoms with Crippen LogP contribution in [0.2, 0.25) is 0 Å². The molecule has 0 saturated heterocycles. The maximum Gasteiger partial charge on any atom is 0.476 e. The number of carbonyl (C=O) groups excluding carboxylic acids is 1. The Labute approximate surface area is 238 Å². The smallest absolute Gasteiger partial charge is 0.323 e. The molecule has 0 atom stereocenters. The Morgan fingerprint density at radius 1 is 1.05 bits per heavy atom. The molecule has 0 aliphatic rings. The zero-order valence-electron chi connectivity index (χ0n) is 23.4. The summed E-state index contributed by atoms with van der Waals surface area (Å²) in [6.07, 6.45) is 8.12. The number of hydrogen-bond donors (Lipinski definition) is 1. The molecule has 4 aromatic rings. The fraction of sp³-hybridized carbons (Fsp3) is 0.276. The first kappa shape index (κ1) is 30.2. The number of pyridine rings is 2. The minimum atomic E-state index is -3.78. The summed E-state index contributed by atoms with van der Waals surface area (Å²) in [6, 6.07) is 12.4. The summed E-state index contributed by atoms with van der Waals surface area (Å²) in [4.78, 5) is 22.6. The van der Waals surface area contributed by atoms with Crippen molar-refractivity contribution < 1.29 is 27.3 Å². The van der Waals surface area contributed by atoms with Crippen molar-refractivity contribution in [2.24, 2.45) is 0 Å². The Morgan fingerprint density at radius 2 is 1.83 bits per heavy atom. The molecule has 3 aromatic heterocycles. The van der Waals surface area contributed by atoms with Gasteiger partial charge in [0.05, 0.1) is 13.2 Å². The van der Waals surface area contributed by atoms with E-state index in [0.717, 1.165) is 11.1 Å². The molecule has 0 bridgehead atoms. The minimum Gasteiger partial charge on any atom is -0.323 e. The number of amides is 1. The summed E-state index contributed by atoms with van der Waals surface area (Å²) in [5.74, 6) is -0.850. The lowest BCUT2D eigenvalue weighted by molar-refractivity contribution is -0.111. The fourth-order valence-electron chi connectivity index (χ4n) is 4.12. The maximum absolute atomic E-state index is 14.1. The Bertz CT molecular complexity index is 1580. The molecule has 12 heteroatoms. The number of phosphoric ester groups is 1. The minimum absolute atomic E-state index is 0.152. The van der Waals surface area contributed by atoms with Crippen LogP contribution in [0.25, 0.3) is 33.3 Å². The highest BCUT2D eigenvalue weighted by molar-refractivity contribution is 7.48. The number of benzene rings is 1. The third-order valence-electron chi connectivity index (χ3n) is 5.88. The van der Waals surface area contributed by atoms with Gasteiger partial charge in [-0.15, -0.1) is 0 Å². The molecule has 0 fully saturated rings. The average molecular weight is 582 g/mol. The van der Waals surface area contributed by atoms with Crippen molar-refractivity contribution in [3.05, 3.63) is 79.2 Å². The molecule has 0 aliphatic heterocycles. The van der Waals surface area contributed by atoms with Crippen molar-refractivity contribution in [2.75, 3.05) is 39.2 Å². The zero-order chi connectivity index (χ0) is 29.4. The molecular formula is C29H33FN5O5P. The summed E-state index contributed by atoms with van der Waals surface area (Å²) in [5, 5.41) is 3.59. The van der Waals surface area contributed by atoms with Crippen LogP contribution in [-0.4, -0.2) is 59.2 Å². The van der Waals surface area contributed by atoms with E-state index in [2.05, 4.69) is 15.3 Å². The number of anilines is 1. The summed E-state index contributed by atoms with van der Waals surface area (Å²) in [5.41, 5.74) is 4.02. The zero-order valence-corrected chi connectivity index (χ0v) is 24.3. The fourth-order valence-corrected chi connectivity index (χ4v) is 5.24. The number of carbonyl (C=O) groups is 1. The van der Waals surface area contributed by atoms with E-state index in [9.17, 15) is 13.8 Å². The van der Waals surface area contributed by atoms with Gasteiger partial charge in [0, 0.05) is 59.5 Å². The molecule has 4 rings (SSSR count). The lowest BCUT2D eigenvalue weighted by atomic mass is 10.0.